The van der Waals surface area contributed by atoms with Crippen molar-refractivity contribution in [1.29, 1.82) is 0 Å². The summed E-state index contributed by atoms with van der Waals surface area (Å²) in [6.07, 6.45) is 4.55. The summed E-state index contributed by atoms with van der Waals surface area (Å²) in [7, 11) is 0. The molecule has 1 aliphatic carbocycles. The molecular formula is C22H27F. The van der Waals surface area contributed by atoms with E-state index < -0.39 is 0 Å². The fraction of sp³-hybridized carbons (Fsp3) is 0.364. The largest absolute Gasteiger partial charge is 0.207 e. The van der Waals surface area contributed by atoms with E-state index >= 15 is 0 Å². The predicted octanol–water partition coefficient (Wildman–Crippen LogP) is 6.61. The lowest BCUT2D eigenvalue weighted by atomic mass is 9.80. The maximum Gasteiger partial charge on any atom is 0.123 e. The van der Waals surface area contributed by atoms with Gasteiger partial charge in [0.25, 0.3) is 0 Å². The van der Waals surface area contributed by atoms with Crippen molar-refractivity contribution in [3.63, 3.8) is 0 Å². The normalized spacial score (nSPS) is 18.9. The molecule has 0 saturated heterocycles. The van der Waals surface area contributed by atoms with E-state index in [2.05, 4.69) is 51.3 Å². The summed E-state index contributed by atoms with van der Waals surface area (Å²) in [5.74, 6) is 0.774. The number of hydrogen-bond donors (Lipinski definition) is 0. The molecule has 0 fully saturated rings. The second-order valence-corrected chi connectivity index (χ2v) is 6.26. The second-order valence-electron chi connectivity index (χ2n) is 6.26. The molecule has 0 radical (unpaired) electrons. The smallest absolute Gasteiger partial charge is 0.123 e. The molecule has 0 saturated carbocycles. The molecule has 2 atom stereocenters. The second kappa shape index (κ2) is 8.10. The third kappa shape index (κ3) is 3.72. The quantitative estimate of drug-likeness (QED) is 0.559. The number of rotatable bonds is 3. The van der Waals surface area contributed by atoms with Gasteiger partial charge in [-0.3, -0.25) is 0 Å². The highest BCUT2D eigenvalue weighted by atomic mass is 19.1. The van der Waals surface area contributed by atoms with E-state index in [4.69, 9.17) is 0 Å². The van der Waals surface area contributed by atoms with Crippen molar-refractivity contribution >= 4 is 0 Å². The van der Waals surface area contributed by atoms with Crippen molar-refractivity contribution < 1.29 is 4.39 Å². The van der Waals surface area contributed by atoms with Gasteiger partial charge in [-0.05, 0) is 59.1 Å². The molecule has 0 amide bonds. The SMILES string of the molecule is C=C.CCCC[C@@H]1c2ccccc2Cc2ccc(F)cc2C1C. The average Bonchev–Trinajstić information content (AvgIpc) is 2.70. The van der Waals surface area contributed by atoms with Crippen LogP contribution in [0.5, 0.6) is 0 Å². The summed E-state index contributed by atoms with van der Waals surface area (Å²) in [6, 6.07) is 14.1. The van der Waals surface area contributed by atoms with Gasteiger partial charge in [-0.25, -0.2) is 4.39 Å². The Morgan fingerprint density at radius 3 is 2.48 bits per heavy atom. The molecule has 122 valence electrons. The lowest BCUT2D eigenvalue weighted by molar-refractivity contribution is 0.510. The van der Waals surface area contributed by atoms with Crippen LogP contribution in [0.4, 0.5) is 4.39 Å². The monoisotopic (exact) mass is 310 g/mol. The molecule has 1 unspecified atom stereocenters. The van der Waals surface area contributed by atoms with Crippen molar-refractivity contribution in [2.45, 2.75) is 51.4 Å². The van der Waals surface area contributed by atoms with E-state index in [1.54, 1.807) is 12.1 Å². The van der Waals surface area contributed by atoms with Gasteiger partial charge in [0.2, 0.25) is 0 Å². The van der Waals surface area contributed by atoms with Gasteiger partial charge in [-0.2, -0.15) is 0 Å². The van der Waals surface area contributed by atoms with E-state index in [9.17, 15) is 4.39 Å². The molecule has 0 nitrogen and oxygen atoms in total. The van der Waals surface area contributed by atoms with Crippen molar-refractivity contribution in [2.75, 3.05) is 0 Å². The molecule has 1 heteroatoms. The zero-order valence-electron chi connectivity index (χ0n) is 14.3. The van der Waals surface area contributed by atoms with E-state index in [0.717, 1.165) is 6.42 Å². The van der Waals surface area contributed by atoms with Crippen LogP contribution < -0.4 is 0 Å². The average molecular weight is 310 g/mol. The van der Waals surface area contributed by atoms with Gasteiger partial charge in [-0.1, -0.05) is 57.0 Å². The number of benzene rings is 2. The molecule has 0 aliphatic heterocycles. The zero-order chi connectivity index (χ0) is 16.8. The van der Waals surface area contributed by atoms with Crippen LogP contribution in [0, 0.1) is 5.82 Å². The Balaban J connectivity index is 0.000000924. The fourth-order valence-electron chi connectivity index (χ4n) is 3.73. The number of hydrogen-bond acceptors (Lipinski definition) is 0. The first-order valence-corrected chi connectivity index (χ1v) is 8.56. The summed E-state index contributed by atoms with van der Waals surface area (Å²) in [5, 5.41) is 0. The number of unbranched alkanes of at least 4 members (excludes halogenated alkanes) is 1. The third-order valence-corrected chi connectivity index (χ3v) is 4.91. The minimum atomic E-state index is -0.110. The van der Waals surface area contributed by atoms with E-state index in [1.165, 1.54) is 41.5 Å². The van der Waals surface area contributed by atoms with Crippen LogP contribution in [0.25, 0.3) is 0 Å². The Morgan fingerprint density at radius 1 is 1.04 bits per heavy atom. The molecule has 0 N–H and O–H groups in total. The minimum absolute atomic E-state index is 0.110. The molecule has 0 aromatic heterocycles. The van der Waals surface area contributed by atoms with Gasteiger partial charge < -0.3 is 0 Å². The fourth-order valence-corrected chi connectivity index (χ4v) is 3.73. The number of fused-ring (bicyclic) bond motifs is 2. The van der Waals surface area contributed by atoms with Crippen LogP contribution in [-0.4, -0.2) is 0 Å². The van der Waals surface area contributed by atoms with Gasteiger partial charge in [0.15, 0.2) is 0 Å². The van der Waals surface area contributed by atoms with Crippen LogP contribution in [0.3, 0.4) is 0 Å². The van der Waals surface area contributed by atoms with Crippen LogP contribution in [0.2, 0.25) is 0 Å². The highest BCUT2D eigenvalue weighted by molar-refractivity contribution is 5.45. The van der Waals surface area contributed by atoms with Gasteiger partial charge in [-0.15, -0.1) is 13.2 Å². The molecule has 2 aromatic rings. The Morgan fingerprint density at radius 2 is 1.74 bits per heavy atom. The molecule has 0 bridgehead atoms. The highest BCUT2D eigenvalue weighted by Crippen LogP contribution is 2.43. The zero-order valence-corrected chi connectivity index (χ0v) is 14.3. The Bertz CT molecular complexity index is 644. The van der Waals surface area contributed by atoms with E-state index in [0.29, 0.717) is 11.8 Å². The first kappa shape index (κ1) is 17.5. The number of halogens is 1. The molecule has 1 aliphatic rings. The Kier molecular flexibility index (Phi) is 6.15. The van der Waals surface area contributed by atoms with Crippen molar-refractivity contribution in [2.24, 2.45) is 0 Å². The van der Waals surface area contributed by atoms with Gasteiger partial charge in [0, 0.05) is 0 Å². The Hall–Kier alpha value is -1.89. The topological polar surface area (TPSA) is 0 Å². The van der Waals surface area contributed by atoms with Crippen LogP contribution in [0.15, 0.2) is 55.6 Å². The van der Waals surface area contributed by atoms with Crippen molar-refractivity contribution in [3.05, 3.63) is 83.7 Å². The summed E-state index contributed by atoms with van der Waals surface area (Å²) in [6.45, 7) is 10.5. The highest BCUT2D eigenvalue weighted by Gasteiger charge is 2.28. The summed E-state index contributed by atoms with van der Waals surface area (Å²) in [5.41, 5.74) is 5.37. The molecule has 0 heterocycles. The van der Waals surface area contributed by atoms with Crippen LogP contribution in [-0.2, 0) is 6.42 Å². The molecule has 23 heavy (non-hydrogen) atoms. The van der Waals surface area contributed by atoms with E-state index in [1.807, 2.05) is 6.07 Å². The summed E-state index contributed by atoms with van der Waals surface area (Å²) >= 11 is 0. The van der Waals surface area contributed by atoms with E-state index in [-0.39, 0.29) is 5.82 Å². The first-order valence-electron chi connectivity index (χ1n) is 8.56. The maximum atomic E-state index is 13.7. The minimum Gasteiger partial charge on any atom is -0.207 e. The molecular weight excluding hydrogens is 283 g/mol. The van der Waals surface area contributed by atoms with Gasteiger partial charge >= 0.3 is 0 Å². The predicted molar refractivity (Wildman–Crippen MR) is 97.6 cm³/mol. The summed E-state index contributed by atoms with van der Waals surface area (Å²) < 4.78 is 13.7. The van der Waals surface area contributed by atoms with Crippen molar-refractivity contribution in [1.82, 2.24) is 0 Å². The van der Waals surface area contributed by atoms with Gasteiger partial charge in [0.1, 0.15) is 5.82 Å². The Labute approximate surface area is 140 Å². The lowest BCUT2D eigenvalue weighted by Gasteiger charge is -2.25. The molecule has 2 aromatic carbocycles. The lowest BCUT2D eigenvalue weighted by Crippen LogP contribution is -2.09. The van der Waals surface area contributed by atoms with Crippen molar-refractivity contribution in [3.8, 4) is 0 Å². The third-order valence-electron chi connectivity index (χ3n) is 4.91. The summed E-state index contributed by atoms with van der Waals surface area (Å²) in [4.78, 5) is 0. The standard InChI is InChI=1S/C20H23F.C2H4/c1-3-4-8-18-14(2)20-13-17(21)11-10-16(20)12-15-7-5-6-9-19(15)18;1-2/h5-7,9-11,13-14,18H,3-4,8,12H2,1-2H3;1-2H2/t14?,18-;/m0./s1. The first-order chi connectivity index (χ1) is 11.2. The van der Waals surface area contributed by atoms with Crippen LogP contribution >= 0.6 is 0 Å². The molecule has 0 spiro atoms. The van der Waals surface area contributed by atoms with Gasteiger partial charge in [0.05, 0.1) is 0 Å². The molecule has 3 rings (SSSR count). The maximum absolute atomic E-state index is 13.7. The van der Waals surface area contributed by atoms with Crippen LogP contribution in [0.1, 0.15) is 67.2 Å².